The van der Waals surface area contributed by atoms with Gasteiger partial charge in [-0.25, -0.2) is 8.42 Å². The molecule has 0 spiro atoms. The van der Waals surface area contributed by atoms with Crippen LogP contribution in [0, 0.1) is 6.92 Å². The van der Waals surface area contributed by atoms with Crippen LogP contribution in [0.2, 0.25) is 0 Å². The third kappa shape index (κ3) is 5.91. The maximum atomic E-state index is 13.7. The Morgan fingerprint density at radius 1 is 1.00 bits per heavy atom. The molecule has 0 saturated carbocycles. The number of benzene rings is 3. The van der Waals surface area contributed by atoms with E-state index >= 15 is 0 Å². The number of hydrogen-bond acceptors (Lipinski definition) is 6. The predicted molar refractivity (Wildman–Crippen MR) is 145 cm³/mol. The van der Waals surface area contributed by atoms with Crippen LogP contribution in [0.15, 0.2) is 71.6 Å². The van der Waals surface area contributed by atoms with Gasteiger partial charge in [-0.05, 0) is 55.3 Å². The summed E-state index contributed by atoms with van der Waals surface area (Å²) in [6, 6.07) is 18.6. The van der Waals surface area contributed by atoms with Crippen molar-refractivity contribution in [2.75, 3.05) is 36.5 Å². The summed E-state index contributed by atoms with van der Waals surface area (Å²) in [6.45, 7) is 2.33. The van der Waals surface area contributed by atoms with E-state index in [2.05, 4.69) is 5.32 Å². The van der Waals surface area contributed by atoms with E-state index in [-0.39, 0.29) is 23.1 Å². The number of rotatable bonds is 10. The molecule has 38 heavy (non-hydrogen) atoms. The molecule has 1 aliphatic heterocycles. The summed E-state index contributed by atoms with van der Waals surface area (Å²) in [6.07, 6.45) is 1.35. The van der Waals surface area contributed by atoms with Crippen molar-refractivity contribution in [1.82, 2.24) is 5.32 Å². The maximum Gasteiger partial charge on any atom is 0.264 e. The summed E-state index contributed by atoms with van der Waals surface area (Å²) in [7, 11) is -1.24. The van der Waals surface area contributed by atoms with E-state index in [1.807, 2.05) is 31.2 Å². The molecule has 0 aromatic heterocycles. The van der Waals surface area contributed by atoms with E-state index < -0.39 is 22.5 Å². The van der Waals surface area contributed by atoms with E-state index in [1.54, 1.807) is 29.2 Å². The standard InChI is InChI=1S/C28H31N3O6S/c1-20-9-11-22(12-10-20)31(38(34,35)24-13-14-25(36-2)26(17-24)37-3)19-27(32)29-18-21-6-4-7-23(16-21)30-15-5-8-28(30)33/h4,6-7,9-14,16-17H,5,8,15,18-19H2,1-3H3,(H,29,32). The zero-order valence-corrected chi connectivity index (χ0v) is 22.5. The van der Waals surface area contributed by atoms with Crippen LogP contribution < -0.4 is 24.0 Å². The third-order valence-corrected chi connectivity index (χ3v) is 8.11. The van der Waals surface area contributed by atoms with E-state index in [0.717, 1.165) is 27.5 Å². The lowest BCUT2D eigenvalue weighted by Gasteiger charge is -2.25. The SMILES string of the molecule is COc1ccc(S(=O)(=O)N(CC(=O)NCc2cccc(N3CCCC3=O)c2)c2ccc(C)cc2)cc1OC. The van der Waals surface area contributed by atoms with Crippen molar-refractivity contribution >= 4 is 33.2 Å². The highest BCUT2D eigenvalue weighted by Crippen LogP contribution is 2.32. The fourth-order valence-corrected chi connectivity index (χ4v) is 5.71. The van der Waals surface area contributed by atoms with Crippen LogP contribution in [0.25, 0.3) is 0 Å². The van der Waals surface area contributed by atoms with Crippen LogP contribution in [0.1, 0.15) is 24.0 Å². The van der Waals surface area contributed by atoms with Crippen molar-refractivity contribution in [3.8, 4) is 11.5 Å². The van der Waals surface area contributed by atoms with Gasteiger partial charge in [-0.3, -0.25) is 13.9 Å². The number of carbonyl (C=O) groups excluding carboxylic acids is 2. The number of anilines is 2. The molecule has 1 aliphatic rings. The summed E-state index contributed by atoms with van der Waals surface area (Å²) < 4.78 is 39.0. The van der Waals surface area contributed by atoms with Crippen LogP contribution in [0.4, 0.5) is 11.4 Å². The number of nitrogens with zero attached hydrogens (tertiary/aromatic N) is 2. The van der Waals surface area contributed by atoms with Crippen LogP contribution in [-0.2, 0) is 26.2 Å². The number of amides is 2. The van der Waals surface area contributed by atoms with Crippen molar-refractivity contribution in [2.24, 2.45) is 0 Å². The highest BCUT2D eigenvalue weighted by molar-refractivity contribution is 7.92. The molecule has 0 bridgehead atoms. The second kappa shape index (κ2) is 11.6. The van der Waals surface area contributed by atoms with Gasteiger partial charge >= 0.3 is 0 Å². The Morgan fingerprint density at radius 2 is 1.74 bits per heavy atom. The number of nitrogens with one attached hydrogen (secondary N) is 1. The Bertz CT molecular complexity index is 1420. The highest BCUT2D eigenvalue weighted by Gasteiger charge is 2.28. The maximum absolute atomic E-state index is 13.7. The summed E-state index contributed by atoms with van der Waals surface area (Å²) in [5, 5.41) is 2.81. The molecular formula is C28H31N3O6S. The Morgan fingerprint density at radius 3 is 2.39 bits per heavy atom. The lowest BCUT2D eigenvalue weighted by Crippen LogP contribution is -2.40. The van der Waals surface area contributed by atoms with Crippen molar-refractivity contribution in [3.05, 3.63) is 77.9 Å². The number of hydrogen-bond donors (Lipinski definition) is 1. The molecule has 4 rings (SSSR count). The lowest BCUT2D eigenvalue weighted by atomic mass is 10.2. The van der Waals surface area contributed by atoms with Gasteiger partial charge < -0.3 is 19.7 Å². The van der Waals surface area contributed by atoms with Crippen LogP contribution in [0.5, 0.6) is 11.5 Å². The normalized spacial score (nSPS) is 13.3. The zero-order valence-electron chi connectivity index (χ0n) is 21.6. The summed E-state index contributed by atoms with van der Waals surface area (Å²) in [4.78, 5) is 26.8. The average molecular weight is 538 g/mol. The number of sulfonamides is 1. The highest BCUT2D eigenvalue weighted by atomic mass is 32.2. The number of methoxy groups -OCH3 is 2. The molecule has 1 heterocycles. The van der Waals surface area contributed by atoms with Gasteiger partial charge in [-0.15, -0.1) is 0 Å². The van der Waals surface area contributed by atoms with Gasteiger partial charge in [0.25, 0.3) is 10.0 Å². The molecule has 1 fully saturated rings. The van der Waals surface area contributed by atoms with Crippen molar-refractivity contribution in [3.63, 3.8) is 0 Å². The largest absolute Gasteiger partial charge is 0.493 e. The topological polar surface area (TPSA) is 105 Å². The monoisotopic (exact) mass is 537 g/mol. The van der Waals surface area contributed by atoms with Crippen LogP contribution in [-0.4, -0.2) is 47.5 Å². The quantitative estimate of drug-likeness (QED) is 0.423. The van der Waals surface area contributed by atoms with Gasteiger partial charge in [0.1, 0.15) is 6.54 Å². The minimum absolute atomic E-state index is 0.0356. The molecule has 3 aromatic carbocycles. The zero-order chi connectivity index (χ0) is 27.3. The fraction of sp³-hybridized carbons (Fsp3) is 0.286. The van der Waals surface area contributed by atoms with E-state index in [1.165, 1.54) is 32.4 Å². The first-order chi connectivity index (χ1) is 18.2. The Kier molecular flexibility index (Phi) is 8.21. The third-order valence-electron chi connectivity index (χ3n) is 6.34. The predicted octanol–water partition coefficient (Wildman–Crippen LogP) is 3.65. The van der Waals surface area contributed by atoms with Gasteiger partial charge in [0.05, 0.1) is 24.8 Å². The number of aryl methyl sites for hydroxylation is 1. The van der Waals surface area contributed by atoms with Gasteiger partial charge in [0.2, 0.25) is 11.8 Å². The fourth-order valence-electron chi connectivity index (χ4n) is 4.27. The first-order valence-corrected chi connectivity index (χ1v) is 13.6. The van der Waals surface area contributed by atoms with E-state index in [9.17, 15) is 18.0 Å². The minimum atomic E-state index is -4.13. The summed E-state index contributed by atoms with van der Waals surface area (Å²) in [5.74, 6) is 0.264. The molecule has 0 atom stereocenters. The average Bonchev–Trinajstić information content (AvgIpc) is 3.36. The first-order valence-electron chi connectivity index (χ1n) is 12.2. The Labute approximate surface area is 223 Å². The summed E-state index contributed by atoms with van der Waals surface area (Å²) >= 11 is 0. The van der Waals surface area contributed by atoms with Crippen molar-refractivity contribution in [1.29, 1.82) is 0 Å². The molecule has 10 heteroatoms. The van der Waals surface area contributed by atoms with Gasteiger partial charge in [-0.1, -0.05) is 29.8 Å². The van der Waals surface area contributed by atoms with E-state index in [0.29, 0.717) is 24.4 Å². The lowest BCUT2D eigenvalue weighted by molar-refractivity contribution is -0.120. The second-order valence-electron chi connectivity index (χ2n) is 8.96. The number of ether oxygens (including phenoxy) is 2. The van der Waals surface area contributed by atoms with Gasteiger partial charge in [0.15, 0.2) is 11.5 Å². The molecule has 0 unspecified atom stereocenters. The second-order valence-corrected chi connectivity index (χ2v) is 10.8. The minimum Gasteiger partial charge on any atom is -0.493 e. The molecule has 1 saturated heterocycles. The molecule has 200 valence electrons. The molecule has 0 aliphatic carbocycles. The molecule has 0 radical (unpaired) electrons. The van der Waals surface area contributed by atoms with Gasteiger partial charge in [0, 0.05) is 31.3 Å². The van der Waals surface area contributed by atoms with Crippen molar-refractivity contribution < 1.29 is 27.5 Å². The number of carbonyl (C=O) groups is 2. The van der Waals surface area contributed by atoms with Crippen LogP contribution >= 0.6 is 0 Å². The smallest absolute Gasteiger partial charge is 0.264 e. The Balaban J connectivity index is 1.55. The first kappa shape index (κ1) is 27.0. The van der Waals surface area contributed by atoms with Gasteiger partial charge in [-0.2, -0.15) is 0 Å². The Hall–Kier alpha value is -4.05. The molecule has 1 N–H and O–H groups in total. The molecule has 3 aromatic rings. The van der Waals surface area contributed by atoms with Crippen molar-refractivity contribution in [2.45, 2.75) is 31.2 Å². The molecule has 9 nitrogen and oxygen atoms in total. The molecule has 2 amide bonds. The molecular weight excluding hydrogens is 506 g/mol. The van der Waals surface area contributed by atoms with E-state index in [4.69, 9.17) is 9.47 Å². The van der Waals surface area contributed by atoms with Crippen LogP contribution in [0.3, 0.4) is 0 Å². The summed E-state index contributed by atoms with van der Waals surface area (Å²) in [5.41, 5.74) is 2.91.